The molecule has 3 aliphatic rings. The van der Waals surface area contributed by atoms with Gasteiger partial charge in [0, 0.05) is 51.2 Å². The van der Waals surface area contributed by atoms with Gasteiger partial charge in [-0.3, -0.25) is 9.69 Å². The number of carbonyl (C=O) groups excluding carboxylic acids is 2. The number of halogens is 4. The van der Waals surface area contributed by atoms with Crippen LogP contribution in [0.3, 0.4) is 0 Å². The van der Waals surface area contributed by atoms with E-state index in [4.69, 9.17) is 0 Å². The molecule has 0 bridgehead atoms. The Labute approximate surface area is 174 Å². The van der Waals surface area contributed by atoms with Crippen LogP contribution in [0.4, 0.5) is 22.4 Å². The zero-order valence-electron chi connectivity index (χ0n) is 17.3. The molecule has 0 unspecified atom stereocenters. The lowest BCUT2D eigenvalue weighted by atomic mass is 9.87. The molecule has 0 spiro atoms. The number of piperidine rings is 1. The van der Waals surface area contributed by atoms with E-state index in [1.54, 1.807) is 0 Å². The van der Waals surface area contributed by atoms with Gasteiger partial charge in [-0.1, -0.05) is 19.3 Å². The maximum absolute atomic E-state index is 13.2. The van der Waals surface area contributed by atoms with Gasteiger partial charge in [0.25, 0.3) is 0 Å². The lowest BCUT2D eigenvalue weighted by Crippen LogP contribution is -2.56. The lowest BCUT2D eigenvalue weighted by molar-refractivity contribution is -0.144. The number of rotatable bonds is 5. The molecule has 6 nitrogen and oxygen atoms in total. The molecule has 3 amide bonds. The minimum absolute atomic E-state index is 0.0193. The number of likely N-dealkylation sites (tertiary alicyclic amines) is 1. The van der Waals surface area contributed by atoms with Crippen LogP contribution >= 0.6 is 0 Å². The molecule has 1 saturated carbocycles. The van der Waals surface area contributed by atoms with Crippen molar-refractivity contribution in [3.05, 3.63) is 0 Å². The van der Waals surface area contributed by atoms with E-state index in [0.717, 1.165) is 25.7 Å². The monoisotopic (exact) mass is 436 g/mol. The number of nitrogens with zero attached hydrogens (tertiary/aromatic N) is 3. The van der Waals surface area contributed by atoms with E-state index in [1.165, 1.54) is 16.2 Å². The fraction of sp³-hybridized carbons (Fsp3) is 0.900. The van der Waals surface area contributed by atoms with Gasteiger partial charge >= 0.3 is 18.4 Å². The number of piperazine rings is 1. The Balaban J connectivity index is 1.36. The van der Waals surface area contributed by atoms with Gasteiger partial charge < -0.3 is 15.1 Å². The Kier molecular flexibility index (Phi) is 7.81. The number of urea groups is 1. The van der Waals surface area contributed by atoms with Gasteiger partial charge in [0.05, 0.1) is 6.54 Å². The van der Waals surface area contributed by atoms with Crippen LogP contribution in [0.25, 0.3) is 0 Å². The third-order valence-corrected chi connectivity index (χ3v) is 6.50. The van der Waals surface area contributed by atoms with Gasteiger partial charge in [-0.25, -0.2) is 13.6 Å². The Morgan fingerprint density at radius 1 is 0.867 bits per heavy atom. The normalized spacial score (nSPS) is 23.1. The Bertz CT molecular complexity index is 585. The number of hydrogen-bond donors (Lipinski definition) is 1. The summed E-state index contributed by atoms with van der Waals surface area (Å²) in [6.45, 7) is 1.02. The quantitative estimate of drug-likeness (QED) is 0.675. The van der Waals surface area contributed by atoms with Crippen LogP contribution in [0.2, 0.25) is 0 Å². The number of nitrogens with one attached hydrogen (secondary N) is 1. The van der Waals surface area contributed by atoms with Crippen LogP contribution in [0.1, 0.15) is 44.9 Å². The van der Waals surface area contributed by atoms with Crippen LogP contribution in [0.15, 0.2) is 0 Å². The van der Waals surface area contributed by atoms with Crippen molar-refractivity contribution in [2.75, 3.05) is 45.8 Å². The average molecular weight is 436 g/mol. The van der Waals surface area contributed by atoms with Gasteiger partial charge in [-0.2, -0.15) is 8.78 Å². The van der Waals surface area contributed by atoms with Crippen molar-refractivity contribution in [2.45, 2.75) is 63.3 Å². The smallest absolute Gasteiger partial charge is 0.319 e. The van der Waals surface area contributed by atoms with Crippen molar-refractivity contribution >= 4 is 11.9 Å². The maximum Gasteiger partial charge on any atom is 0.319 e. The molecule has 2 saturated heterocycles. The van der Waals surface area contributed by atoms with Crippen molar-refractivity contribution in [2.24, 2.45) is 5.92 Å². The Morgan fingerprint density at radius 2 is 1.47 bits per heavy atom. The van der Waals surface area contributed by atoms with Crippen LogP contribution in [-0.2, 0) is 4.79 Å². The second-order valence-electron chi connectivity index (χ2n) is 8.71. The highest BCUT2D eigenvalue weighted by molar-refractivity contribution is 5.79. The zero-order valence-corrected chi connectivity index (χ0v) is 17.3. The van der Waals surface area contributed by atoms with Crippen LogP contribution in [-0.4, -0.2) is 90.8 Å². The molecule has 3 fully saturated rings. The molecule has 10 heteroatoms. The molecule has 0 aromatic carbocycles. The molecule has 30 heavy (non-hydrogen) atoms. The highest BCUT2D eigenvalue weighted by Crippen LogP contribution is 2.27. The van der Waals surface area contributed by atoms with E-state index in [-0.39, 0.29) is 50.1 Å². The first-order valence-corrected chi connectivity index (χ1v) is 11.0. The second-order valence-corrected chi connectivity index (χ2v) is 8.71. The molecule has 0 aromatic heterocycles. The average Bonchev–Trinajstić information content (AvgIpc) is 2.74. The fourth-order valence-corrected chi connectivity index (χ4v) is 4.59. The summed E-state index contributed by atoms with van der Waals surface area (Å²) in [7, 11) is 0. The summed E-state index contributed by atoms with van der Waals surface area (Å²) in [6.07, 6.45) is 3.12. The Hall–Kier alpha value is -1.58. The fourth-order valence-electron chi connectivity index (χ4n) is 4.59. The first kappa shape index (κ1) is 23.1. The number of amides is 3. The highest BCUT2D eigenvalue weighted by atomic mass is 19.3. The minimum Gasteiger partial charge on any atom is -0.342 e. The van der Waals surface area contributed by atoms with Gasteiger partial charge in [0.2, 0.25) is 5.91 Å². The van der Waals surface area contributed by atoms with Crippen molar-refractivity contribution in [3.63, 3.8) is 0 Å². The lowest BCUT2D eigenvalue weighted by Gasteiger charge is -2.38. The maximum atomic E-state index is 13.2. The molecule has 3 rings (SSSR count). The SMILES string of the molecule is O=C(NC1CCN(C(=O)C2CCCCC2)CC1)N1CCN(CC(F)(F)C(F)F)CC1. The van der Waals surface area contributed by atoms with E-state index in [2.05, 4.69) is 5.32 Å². The second kappa shape index (κ2) is 10.2. The summed E-state index contributed by atoms with van der Waals surface area (Å²) in [5.74, 6) is -3.64. The summed E-state index contributed by atoms with van der Waals surface area (Å²) < 4.78 is 51.1. The van der Waals surface area contributed by atoms with Gasteiger partial charge in [0.15, 0.2) is 0 Å². The topological polar surface area (TPSA) is 55.9 Å². The highest BCUT2D eigenvalue weighted by Gasteiger charge is 2.43. The molecule has 172 valence electrons. The van der Waals surface area contributed by atoms with Crippen molar-refractivity contribution in [1.82, 2.24) is 20.0 Å². The molecule has 1 N–H and O–H groups in total. The van der Waals surface area contributed by atoms with Crippen LogP contribution < -0.4 is 5.32 Å². The third-order valence-electron chi connectivity index (χ3n) is 6.50. The number of carbonyl (C=O) groups is 2. The van der Waals surface area contributed by atoms with Crippen molar-refractivity contribution < 1.29 is 27.2 Å². The first-order chi connectivity index (χ1) is 14.3. The standard InChI is InChI=1S/C20H32F4N4O2/c21-18(22)20(23,24)14-26-10-12-28(13-11-26)19(30)25-16-6-8-27(9-7-16)17(29)15-4-2-1-3-5-15/h15-16,18H,1-14H2,(H,25,30). The summed E-state index contributed by atoms with van der Waals surface area (Å²) in [6, 6.07) is -0.276. The molecule has 1 aliphatic carbocycles. The van der Waals surface area contributed by atoms with Gasteiger partial charge in [-0.05, 0) is 25.7 Å². The third kappa shape index (κ3) is 5.98. The minimum atomic E-state index is -4.03. The molecule has 2 aliphatic heterocycles. The molecular formula is C20H32F4N4O2. The summed E-state index contributed by atoms with van der Waals surface area (Å²) >= 11 is 0. The molecular weight excluding hydrogens is 404 g/mol. The predicted molar refractivity (Wildman–Crippen MR) is 104 cm³/mol. The summed E-state index contributed by atoms with van der Waals surface area (Å²) in [5, 5.41) is 2.97. The molecule has 0 atom stereocenters. The van der Waals surface area contributed by atoms with Crippen molar-refractivity contribution in [3.8, 4) is 0 Å². The van der Waals surface area contributed by atoms with E-state index in [1.807, 2.05) is 4.90 Å². The van der Waals surface area contributed by atoms with Crippen molar-refractivity contribution in [1.29, 1.82) is 0 Å². The molecule has 0 aromatic rings. The van der Waals surface area contributed by atoms with E-state index >= 15 is 0 Å². The molecule has 0 radical (unpaired) electrons. The van der Waals surface area contributed by atoms with Gasteiger partial charge in [0.1, 0.15) is 0 Å². The summed E-state index contributed by atoms with van der Waals surface area (Å²) in [5.41, 5.74) is 0. The zero-order chi connectivity index (χ0) is 21.7. The molecule has 2 heterocycles. The largest absolute Gasteiger partial charge is 0.342 e. The predicted octanol–water partition coefficient (Wildman–Crippen LogP) is 2.79. The van der Waals surface area contributed by atoms with Crippen LogP contribution in [0.5, 0.6) is 0 Å². The van der Waals surface area contributed by atoms with Gasteiger partial charge in [-0.15, -0.1) is 0 Å². The van der Waals surface area contributed by atoms with E-state index in [0.29, 0.717) is 25.9 Å². The number of hydrogen-bond acceptors (Lipinski definition) is 3. The Morgan fingerprint density at radius 3 is 2.03 bits per heavy atom. The van der Waals surface area contributed by atoms with E-state index < -0.39 is 18.9 Å². The number of alkyl halides is 4. The summed E-state index contributed by atoms with van der Waals surface area (Å²) in [4.78, 5) is 29.8. The van der Waals surface area contributed by atoms with E-state index in [9.17, 15) is 27.2 Å². The first-order valence-electron chi connectivity index (χ1n) is 11.0. The van der Waals surface area contributed by atoms with Crippen LogP contribution in [0, 0.1) is 5.92 Å².